The van der Waals surface area contributed by atoms with Crippen LogP contribution in [0.4, 0.5) is 0 Å². The van der Waals surface area contributed by atoms with Gasteiger partial charge in [0, 0.05) is 19.0 Å². The van der Waals surface area contributed by atoms with Crippen LogP contribution < -0.4 is 5.32 Å². The summed E-state index contributed by atoms with van der Waals surface area (Å²) in [6.07, 6.45) is 4.14. The molecule has 1 saturated heterocycles. The Bertz CT molecular complexity index is 359. The summed E-state index contributed by atoms with van der Waals surface area (Å²) in [7, 11) is 0. The average molecular weight is 294 g/mol. The first-order valence-corrected chi connectivity index (χ1v) is 8.31. The first-order valence-electron chi connectivity index (χ1n) is 8.31. The summed E-state index contributed by atoms with van der Waals surface area (Å²) in [6.45, 7) is 11.9. The molecule has 0 unspecified atom stereocenters. The highest BCUT2D eigenvalue weighted by atomic mass is 16.5. The maximum absolute atomic E-state index is 5.57. The van der Waals surface area contributed by atoms with Gasteiger partial charge in [-0.15, -0.1) is 0 Å². The highest BCUT2D eigenvalue weighted by Gasteiger charge is 2.17. The third kappa shape index (κ3) is 5.81. The molecule has 0 aromatic carbocycles. The fourth-order valence-electron chi connectivity index (χ4n) is 2.94. The molecule has 1 N–H and O–H groups in total. The van der Waals surface area contributed by atoms with Crippen molar-refractivity contribution in [2.75, 3.05) is 45.9 Å². The van der Waals surface area contributed by atoms with Crippen LogP contribution >= 0.6 is 0 Å². The molecular weight excluding hydrogens is 264 g/mol. The van der Waals surface area contributed by atoms with Crippen molar-refractivity contribution in [3.05, 3.63) is 24.2 Å². The lowest BCUT2D eigenvalue weighted by molar-refractivity contribution is 0.0374. The smallest absolute Gasteiger partial charge is 0.107 e. The largest absolute Gasteiger partial charge is 0.469 e. The van der Waals surface area contributed by atoms with Crippen molar-refractivity contribution >= 4 is 0 Å². The van der Waals surface area contributed by atoms with Crippen LogP contribution in [0, 0.1) is 5.92 Å². The van der Waals surface area contributed by atoms with E-state index in [1.807, 2.05) is 6.07 Å². The van der Waals surface area contributed by atoms with Gasteiger partial charge in [-0.25, -0.2) is 0 Å². The molecule has 0 saturated carbocycles. The molecule has 1 aromatic rings. The fraction of sp³-hybridized carbons (Fsp3) is 0.765. The predicted molar refractivity (Wildman–Crippen MR) is 85.6 cm³/mol. The van der Waals surface area contributed by atoms with Gasteiger partial charge in [0.2, 0.25) is 0 Å². The Kier molecular flexibility index (Phi) is 7.27. The SMILES string of the molecule is CC(C)[C@H](CCNCCCN1CCOCC1)c1ccco1. The van der Waals surface area contributed by atoms with Gasteiger partial charge in [0.05, 0.1) is 19.5 Å². The molecule has 1 aliphatic rings. The van der Waals surface area contributed by atoms with E-state index in [1.54, 1.807) is 6.26 Å². The number of furan rings is 1. The van der Waals surface area contributed by atoms with Crippen LogP contribution in [-0.4, -0.2) is 50.8 Å². The van der Waals surface area contributed by atoms with Crippen LogP contribution in [0.1, 0.15) is 38.4 Å². The van der Waals surface area contributed by atoms with Crippen LogP contribution in [0.3, 0.4) is 0 Å². The summed E-state index contributed by atoms with van der Waals surface area (Å²) in [5.74, 6) is 2.26. The first-order chi connectivity index (χ1) is 10.3. The van der Waals surface area contributed by atoms with Gasteiger partial charge in [-0.2, -0.15) is 0 Å². The normalized spacial score (nSPS) is 18.2. The zero-order chi connectivity index (χ0) is 14.9. The first kappa shape index (κ1) is 16.5. The van der Waals surface area contributed by atoms with E-state index in [0.717, 1.165) is 51.6 Å². The van der Waals surface area contributed by atoms with Crippen molar-refractivity contribution in [1.82, 2.24) is 10.2 Å². The van der Waals surface area contributed by atoms with E-state index >= 15 is 0 Å². The topological polar surface area (TPSA) is 37.6 Å². The molecule has 0 radical (unpaired) electrons. The number of nitrogens with zero attached hydrogens (tertiary/aromatic N) is 1. The predicted octanol–water partition coefficient (Wildman–Crippen LogP) is 2.72. The van der Waals surface area contributed by atoms with Gasteiger partial charge >= 0.3 is 0 Å². The van der Waals surface area contributed by atoms with Crippen molar-refractivity contribution in [3.8, 4) is 0 Å². The molecule has 1 aliphatic heterocycles. The van der Waals surface area contributed by atoms with E-state index in [4.69, 9.17) is 9.15 Å². The summed E-state index contributed by atoms with van der Waals surface area (Å²) >= 11 is 0. The lowest BCUT2D eigenvalue weighted by atomic mass is 9.90. The molecule has 0 bridgehead atoms. The second-order valence-corrected chi connectivity index (χ2v) is 6.21. The van der Waals surface area contributed by atoms with Crippen molar-refractivity contribution in [1.29, 1.82) is 0 Å². The van der Waals surface area contributed by atoms with Crippen molar-refractivity contribution in [2.24, 2.45) is 5.92 Å². The third-order valence-corrected chi connectivity index (χ3v) is 4.28. The van der Waals surface area contributed by atoms with Crippen molar-refractivity contribution in [3.63, 3.8) is 0 Å². The Balaban J connectivity index is 1.55. The monoisotopic (exact) mass is 294 g/mol. The van der Waals surface area contributed by atoms with Crippen molar-refractivity contribution in [2.45, 2.75) is 32.6 Å². The minimum Gasteiger partial charge on any atom is -0.469 e. The van der Waals surface area contributed by atoms with Crippen LogP contribution in [0.15, 0.2) is 22.8 Å². The van der Waals surface area contributed by atoms with Crippen LogP contribution in [0.25, 0.3) is 0 Å². The average Bonchev–Trinajstić information content (AvgIpc) is 3.01. The number of ether oxygens (including phenoxy) is 1. The molecule has 1 fully saturated rings. The van der Waals surface area contributed by atoms with Gasteiger partial charge in [0.15, 0.2) is 0 Å². The molecule has 4 heteroatoms. The Morgan fingerprint density at radius 2 is 2.05 bits per heavy atom. The quantitative estimate of drug-likeness (QED) is 0.711. The van der Waals surface area contributed by atoms with E-state index in [-0.39, 0.29) is 0 Å². The molecule has 2 rings (SSSR count). The van der Waals surface area contributed by atoms with Gasteiger partial charge in [0.1, 0.15) is 5.76 Å². The van der Waals surface area contributed by atoms with Gasteiger partial charge in [-0.3, -0.25) is 4.90 Å². The van der Waals surface area contributed by atoms with Crippen LogP contribution in [0.2, 0.25) is 0 Å². The molecule has 21 heavy (non-hydrogen) atoms. The van der Waals surface area contributed by atoms with E-state index in [1.165, 1.54) is 13.0 Å². The highest BCUT2D eigenvalue weighted by molar-refractivity contribution is 5.06. The molecule has 0 spiro atoms. The van der Waals surface area contributed by atoms with Gasteiger partial charge in [-0.05, 0) is 50.5 Å². The van der Waals surface area contributed by atoms with Gasteiger partial charge in [-0.1, -0.05) is 13.8 Å². The molecule has 0 aliphatic carbocycles. The number of morpholine rings is 1. The highest BCUT2D eigenvalue weighted by Crippen LogP contribution is 2.27. The maximum Gasteiger partial charge on any atom is 0.107 e. The zero-order valence-electron chi connectivity index (χ0n) is 13.5. The van der Waals surface area contributed by atoms with E-state index in [9.17, 15) is 0 Å². The summed E-state index contributed by atoms with van der Waals surface area (Å²) in [4.78, 5) is 2.49. The summed E-state index contributed by atoms with van der Waals surface area (Å²) in [5, 5.41) is 3.57. The Morgan fingerprint density at radius 1 is 1.24 bits per heavy atom. The molecule has 2 heterocycles. The lowest BCUT2D eigenvalue weighted by Crippen LogP contribution is -2.37. The Morgan fingerprint density at radius 3 is 2.71 bits per heavy atom. The fourth-order valence-corrected chi connectivity index (χ4v) is 2.94. The Hall–Kier alpha value is -0.840. The second kappa shape index (κ2) is 9.23. The molecule has 120 valence electrons. The number of nitrogens with one attached hydrogen (secondary N) is 1. The van der Waals surface area contributed by atoms with Gasteiger partial charge < -0.3 is 14.5 Å². The zero-order valence-corrected chi connectivity index (χ0v) is 13.5. The summed E-state index contributed by atoms with van der Waals surface area (Å²) < 4.78 is 10.9. The second-order valence-electron chi connectivity index (χ2n) is 6.21. The van der Waals surface area contributed by atoms with Crippen LogP contribution in [0.5, 0.6) is 0 Å². The lowest BCUT2D eigenvalue weighted by Gasteiger charge is -2.26. The Labute approximate surface area is 128 Å². The van der Waals surface area contributed by atoms with Crippen molar-refractivity contribution < 1.29 is 9.15 Å². The molecular formula is C17H30N2O2. The van der Waals surface area contributed by atoms with E-state index in [0.29, 0.717) is 11.8 Å². The standard InChI is InChI=1S/C17H30N2O2/c1-15(2)16(17-5-3-12-21-17)6-8-18-7-4-9-19-10-13-20-14-11-19/h3,5,12,15-16,18H,4,6-11,13-14H2,1-2H3/t16-/m0/s1. The van der Waals surface area contributed by atoms with E-state index < -0.39 is 0 Å². The molecule has 1 aromatic heterocycles. The summed E-state index contributed by atoms with van der Waals surface area (Å²) in [6, 6.07) is 4.09. The summed E-state index contributed by atoms with van der Waals surface area (Å²) in [5.41, 5.74) is 0. The molecule has 4 nitrogen and oxygen atoms in total. The molecule has 0 amide bonds. The maximum atomic E-state index is 5.57. The minimum atomic E-state index is 0.520. The number of hydrogen-bond acceptors (Lipinski definition) is 4. The third-order valence-electron chi connectivity index (χ3n) is 4.28. The number of rotatable bonds is 9. The van der Waals surface area contributed by atoms with E-state index in [2.05, 4.69) is 30.1 Å². The van der Waals surface area contributed by atoms with Gasteiger partial charge in [0.25, 0.3) is 0 Å². The minimum absolute atomic E-state index is 0.520. The van der Waals surface area contributed by atoms with Crippen LogP contribution in [-0.2, 0) is 4.74 Å². The number of hydrogen-bond donors (Lipinski definition) is 1. The molecule has 1 atom stereocenters.